The molecule has 0 unspecified atom stereocenters. The zero-order valence-electron chi connectivity index (χ0n) is 12.5. The zero-order chi connectivity index (χ0) is 15.6. The molecule has 1 atom stereocenters. The molecule has 0 saturated carbocycles. The van der Waals surface area contributed by atoms with E-state index in [0.29, 0.717) is 30.4 Å². The Morgan fingerprint density at radius 2 is 2.05 bits per heavy atom. The molecule has 2 heterocycles. The molecule has 0 radical (unpaired) electrons. The smallest absolute Gasteiger partial charge is 0.217 e. The predicted molar refractivity (Wildman–Crippen MR) is 82.8 cm³/mol. The SMILES string of the molecule is C[C@H](NS(=O)(=O)Cc1noc2ccccc12)C1CCOCC1. The normalized spacial score (nSPS) is 18.6. The van der Waals surface area contributed by atoms with Gasteiger partial charge >= 0.3 is 0 Å². The average Bonchev–Trinajstić information content (AvgIpc) is 2.90. The maximum absolute atomic E-state index is 12.4. The van der Waals surface area contributed by atoms with Crippen LogP contribution in [0.4, 0.5) is 0 Å². The monoisotopic (exact) mass is 324 g/mol. The van der Waals surface area contributed by atoms with Gasteiger partial charge in [-0.1, -0.05) is 17.3 Å². The Bertz CT molecular complexity index is 735. The van der Waals surface area contributed by atoms with Crippen LogP contribution >= 0.6 is 0 Å². The summed E-state index contributed by atoms with van der Waals surface area (Å²) in [6.45, 7) is 3.31. The largest absolute Gasteiger partial charge is 0.381 e. The highest BCUT2D eigenvalue weighted by atomic mass is 32.2. The van der Waals surface area contributed by atoms with E-state index in [4.69, 9.17) is 9.26 Å². The fourth-order valence-corrected chi connectivity index (χ4v) is 4.27. The second-order valence-electron chi connectivity index (χ2n) is 5.74. The van der Waals surface area contributed by atoms with E-state index in [0.717, 1.165) is 18.2 Å². The summed E-state index contributed by atoms with van der Waals surface area (Å²) < 4.78 is 38.0. The fraction of sp³-hybridized carbons (Fsp3) is 0.533. The predicted octanol–water partition coefficient (Wildman–Crippen LogP) is 2.06. The van der Waals surface area contributed by atoms with Crippen LogP contribution in [0.25, 0.3) is 11.0 Å². The summed E-state index contributed by atoms with van der Waals surface area (Å²) >= 11 is 0. The van der Waals surface area contributed by atoms with E-state index >= 15 is 0 Å². The highest BCUT2D eigenvalue weighted by Crippen LogP contribution is 2.22. The number of para-hydroxylation sites is 1. The van der Waals surface area contributed by atoms with E-state index in [1.165, 1.54) is 0 Å². The van der Waals surface area contributed by atoms with Gasteiger partial charge in [0.25, 0.3) is 0 Å². The maximum Gasteiger partial charge on any atom is 0.217 e. The number of hydrogen-bond donors (Lipinski definition) is 1. The average molecular weight is 324 g/mol. The van der Waals surface area contributed by atoms with E-state index in [1.807, 2.05) is 25.1 Å². The number of hydrogen-bond acceptors (Lipinski definition) is 5. The molecule has 2 aromatic rings. The fourth-order valence-electron chi connectivity index (χ4n) is 2.86. The van der Waals surface area contributed by atoms with Crippen molar-refractivity contribution in [2.75, 3.05) is 13.2 Å². The van der Waals surface area contributed by atoms with Gasteiger partial charge in [0.1, 0.15) is 11.4 Å². The standard InChI is InChI=1S/C15H20N2O4S/c1-11(12-6-8-20-9-7-12)17-22(18,19)10-14-13-4-2-3-5-15(13)21-16-14/h2-5,11-12,17H,6-10H2,1H3/t11-/m0/s1. The first-order chi connectivity index (χ1) is 10.6. The van der Waals surface area contributed by atoms with Gasteiger partial charge in [-0.15, -0.1) is 0 Å². The molecule has 1 aliphatic rings. The molecular weight excluding hydrogens is 304 g/mol. The summed E-state index contributed by atoms with van der Waals surface area (Å²) in [5, 5.41) is 4.63. The van der Waals surface area contributed by atoms with Gasteiger partial charge in [0.15, 0.2) is 5.58 Å². The van der Waals surface area contributed by atoms with Crippen molar-refractivity contribution in [3.05, 3.63) is 30.0 Å². The lowest BCUT2D eigenvalue weighted by molar-refractivity contribution is 0.0585. The molecule has 7 heteroatoms. The van der Waals surface area contributed by atoms with Crippen molar-refractivity contribution in [2.45, 2.75) is 31.6 Å². The van der Waals surface area contributed by atoms with Gasteiger partial charge in [0.2, 0.25) is 10.0 Å². The Kier molecular flexibility index (Phi) is 4.46. The molecule has 0 spiro atoms. The van der Waals surface area contributed by atoms with E-state index in [9.17, 15) is 8.42 Å². The van der Waals surface area contributed by atoms with Crippen LogP contribution in [0.5, 0.6) is 0 Å². The van der Waals surface area contributed by atoms with Gasteiger partial charge < -0.3 is 9.26 Å². The third kappa shape index (κ3) is 3.48. The van der Waals surface area contributed by atoms with E-state index < -0.39 is 10.0 Å². The maximum atomic E-state index is 12.4. The van der Waals surface area contributed by atoms with Crippen LogP contribution in [0.3, 0.4) is 0 Å². The highest BCUT2D eigenvalue weighted by Gasteiger charge is 2.25. The van der Waals surface area contributed by atoms with Gasteiger partial charge in [-0.25, -0.2) is 13.1 Å². The van der Waals surface area contributed by atoms with Crippen molar-refractivity contribution in [2.24, 2.45) is 5.92 Å². The lowest BCUT2D eigenvalue weighted by Crippen LogP contribution is -2.40. The van der Waals surface area contributed by atoms with Gasteiger partial charge in [-0.05, 0) is 37.8 Å². The van der Waals surface area contributed by atoms with Gasteiger partial charge in [0, 0.05) is 24.6 Å². The number of rotatable bonds is 5. The quantitative estimate of drug-likeness (QED) is 0.910. The third-order valence-corrected chi connectivity index (χ3v) is 5.50. The topological polar surface area (TPSA) is 81.4 Å². The van der Waals surface area contributed by atoms with Crippen molar-refractivity contribution in [1.29, 1.82) is 0 Å². The Labute approximate surface area is 129 Å². The number of nitrogens with one attached hydrogen (secondary N) is 1. The molecule has 1 aromatic carbocycles. The summed E-state index contributed by atoms with van der Waals surface area (Å²) in [7, 11) is -3.46. The molecule has 1 fully saturated rings. The molecule has 6 nitrogen and oxygen atoms in total. The Balaban J connectivity index is 1.70. The number of benzene rings is 1. The van der Waals surface area contributed by atoms with E-state index in [1.54, 1.807) is 6.07 Å². The Hall–Kier alpha value is -1.44. The van der Waals surface area contributed by atoms with E-state index in [-0.39, 0.29) is 11.8 Å². The van der Waals surface area contributed by atoms with Gasteiger partial charge in [-0.2, -0.15) is 0 Å². The van der Waals surface area contributed by atoms with Crippen molar-refractivity contribution in [3.8, 4) is 0 Å². The molecule has 0 amide bonds. The van der Waals surface area contributed by atoms with Crippen molar-refractivity contribution in [3.63, 3.8) is 0 Å². The van der Waals surface area contributed by atoms with Crippen molar-refractivity contribution < 1.29 is 17.7 Å². The third-order valence-electron chi connectivity index (χ3n) is 4.12. The first kappa shape index (κ1) is 15.5. The lowest BCUT2D eigenvalue weighted by Gasteiger charge is -2.28. The minimum absolute atomic E-state index is 0.105. The van der Waals surface area contributed by atoms with Crippen LogP contribution in [0, 0.1) is 5.92 Å². The minimum atomic E-state index is -3.46. The summed E-state index contributed by atoms with van der Waals surface area (Å²) in [4.78, 5) is 0. The summed E-state index contributed by atoms with van der Waals surface area (Å²) in [5.41, 5.74) is 1.05. The van der Waals surface area contributed by atoms with Crippen LogP contribution in [0.15, 0.2) is 28.8 Å². The second-order valence-corrected chi connectivity index (χ2v) is 7.49. The molecule has 1 aromatic heterocycles. The zero-order valence-corrected chi connectivity index (χ0v) is 13.3. The highest BCUT2D eigenvalue weighted by molar-refractivity contribution is 7.88. The number of aromatic nitrogens is 1. The van der Waals surface area contributed by atoms with Crippen LogP contribution in [0.1, 0.15) is 25.5 Å². The number of ether oxygens (including phenoxy) is 1. The van der Waals surface area contributed by atoms with Crippen LogP contribution in [-0.4, -0.2) is 32.8 Å². The molecule has 1 N–H and O–H groups in total. The van der Waals surface area contributed by atoms with Gasteiger partial charge in [0.05, 0.1) is 0 Å². The lowest BCUT2D eigenvalue weighted by atomic mass is 9.94. The first-order valence-electron chi connectivity index (χ1n) is 7.46. The van der Waals surface area contributed by atoms with Crippen molar-refractivity contribution in [1.82, 2.24) is 9.88 Å². The van der Waals surface area contributed by atoms with Crippen LogP contribution < -0.4 is 4.72 Å². The minimum Gasteiger partial charge on any atom is -0.381 e. The van der Waals surface area contributed by atoms with Crippen LogP contribution in [-0.2, 0) is 20.5 Å². The molecule has 0 aliphatic carbocycles. The van der Waals surface area contributed by atoms with E-state index in [2.05, 4.69) is 9.88 Å². The number of nitrogens with zero attached hydrogens (tertiary/aromatic N) is 1. The first-order valence-corrected chi connectivity index (χ1v) is 9.11. The molecule has 1 saturated heterocycles. The van der Waals surface area contributed by atoms with Gasteiger partial charge in [-0.3, -0.25) is 0 Å². The molecular formula is C15H20N2O4S. The Morgan fingerprint density at radius 1 is 1.32 bits per heavy atom. The summed E-state index contributed by atoms with van der Waals surface area (Å²) in [6.07, 6.45) is 1.77. The number of sulfonamides is 1. The summed E-state index contributed by atoms with van der Waals surface area (Å²) in [6, 6.07) is 7.16. The number of fused-ring (bicyclic) bond motifs is 1. The molecule has 120 valence electrons. The molecule has 1 aliphatic heterocycles. The Morgan fingerprint density at radius 3 is 2.82 bits per heavy atom. The second kappa shape index (κ2) is 6.36. The molecule has 0 bridgehead atoms. The summed E-state index contributed by atoms with van der Waals surface area (Å²) in [5.74, 6) is 0.148. The van der Waals surface area contributed by atoms with Crippen LogP contribution in [0.2, 0.25) is 0 Å². The molecule has 22 heavy (non-hydrogen) atoms. The molecule has 3 rings (SSSR count). The van der Waals surface area contributed by atoms with Crippen molar-refractivity contribution >= 4 is 21.0 Å².